The molecule has 10 bridgehead atoms. The summed E-state index contributed by atoms with van der Waals surface area (Å²) < 4.78 is 63.4. The van der Waals surface area contributed by atoms with E-state index in [1.807, 2.05) is 12.2 Å². The third kappa shape index (κ3) is 18.1. The summed E-state index contributed by atoms with van der Waals surface area (Å²) in [6, 6.07) is 0. The standard InChI is InChI=1S/C63H95ClO21/c1-33(19-42(67)18-17-35(3)64)20-53-55(72)57-39(7)58(79-53)59(73)63(75)31-51(70)37(5)52(85-63)16-14-12-13-15-44-22-43(68)27-61(81-44)29-47(76-11)23-45(82-61)25-50(69)38(6)56(78-41(9)66)36(4)34(2)21-49-28-60(10,74)32-62(84-49)30-48(77-40(8)65)24-46(83-62)26-54(71)80-57/h13,15,17-18,36-39,42-49,51-53,55-59,67-68,70,72-75H,1-3,12,14,16,19-32H2,4-11H3/b15-13-,18-17+/t36?,37-,38?,39+,42?,43+,44+,45+,46+,47+,48-,49-,51+,52-,53+,55+,56?,57+,58+,59-,60-,61+,62+,63-/m0/s1. The van der Waals surface area contributed by atoms with Crippen LogP contribution in [0.5, 0.6) is 0 Å². The number of ether oxygens (including phenoxy) is 10. The second-order valence-corrected chi connectivity index (χ2v) is 26.4. The molecule has 22 heteroatoms. The molecule has 0 aromatic heterocycles. The molecule has 7 N–H and O–H groups in total. The molecular formula is C63H95ClO21. The van der Waals surface area contributed by atoms with Crippen LogP contribution in [0.1, 0.15) is 158 Å². The zero-order chi connectivity index (χ0) is 62.5. The van der Waals surface area contributed by atoms with Gasteiger partial charge in [-0.05, 0) is 51.5 Å². The molecule has 7 heterocycles. The fraction of sp³-hybridized carbons (Fsp3) is 0.778. The van der Waals surface area contributed by atoms with Gasteiger partial charge in [0.2, 0.25) is 0 Å². The maximum Gasteiger partial charge on any atom is 0.308 e. The molecule has 7 aliphatic heterocycles. The lowest BCUT2D eigenvalue weighted by Crippen LogP contribution is -2.65. The molecule has 24 atom stereocenters. The maximum atomic E-state index is 14.5. The number of aliphatic hydroxyl groups excluding tert-OH is 5. The lowest BCUT2D eigenvalue weighted by molar-refractivity contribution is -0.351. The fourth-order valence-electron chi connectivity index (χ4n) is 14.1. The van der Waals surface area contributed by atoms with Gasteiger partial charge in [-0.3, -0.25) is 19.2 Å². The first-order chi connectivity index (χ1) is 39.8. The fourth-order valence-corrected chi connectivity index (χ4v) is 14.2. The third-order valence-corrected chi connectivity index (χ3v) is 18.4. The van der Waals surface area contributed by atoms with Crippen molar-refractivity contribution in [3.05, 3.63) is 60.2 Å². The number of ketones is 1. The monoisotopic (exact) mass is 1220 g/mol. The van der Waals surface area contributed by atoms with E-state index in [9.17, 15) is 54.9 Å². The smallest absolute Gasteiger partial charge is 0.308 e. The molecule has 0 saturated carbocycles. The van der Waals surface area contributed by atoms with Crippen LogP contribution in [-0.2, 0) is 66.5 Å². The highest BCUT2D eigenvalue weighted by Crippen LogP contribution is 2.48. The molecule has 7 aliphatic rings. The topological polar surface area (TPSA) is 302 Å². The van der Waals surface area contributed by atoms with E-state index < -0.39 is 169 Å². The van der Waals surface area contributed by atoms with Gasteiger partial charge in [-0.15, -0.1) is 0 Å². The van der Waals surface area contributed by atoms with Gasteiger partial charge >= 0.3 is 17.9 Å². The number of allylic oxidation sites excluding steroid dienone is 3. The van der Waals surface area contributed by atoms with Crippen LogP contribution >= 0.6 is 11.6 Å². The van der Waals surface area contributed by atoms with Crippen LogP contribution in [0.4, 0.5) is 0 Å². The molecule has 480 valence electrons. The summed E-state index contributed by atoms with van der Waals surface area (Å²) in [6.07, 6.45) is -8.69. The van der Waals surface area contributed by atoms with Gasteiger partial charge in [0.15, 0.2) is 17.4 Å². The van der Waals surface area contributed by atoms with Crippen molar-refractivity contribution in [3.8, 4) is 0 Å². The minimum absolute atomic E-state index is 0.00321. The highest BCUT2D eigenvalue weighted by atomic mass is 35.5. The van der Waals surface area contributed by atoms with Crippen molar-refractivity contribution in [1.82, 2.24) is 0 Å². The van der Waals surface area contributed by atoms with Crippen LogP contribution < -0.4 is 0 Å². The summed E-state index contributed by atoms with van der Waals surface area (Å²) in [7, 11) is 1.57. The van der Waals surface area contributed by atoms with Crippen molar-refractivity contribution < 1.29 is 102 Å². The van der Waals surface area contributed by atoms with Gasteiger partial charge in [-0.2, -0.15) is 0 Å². The quantitative estimate of drug-likeness (QED) is 0.0611. The zero-order valence-corrected chi connectivity index (χ0v) is 51.5. The Bertz CT molecular complexity index is 2430. The molecule has 21 nitrogen and oxygen atoms in total. The number of aliphatic hydroxyl groups is 7. The summed E-state index contributed by atoms with van der Waals surface area (Å²) in [5.74, 6) is -10.7. The van der Waals surface area contributed by atoms with Crippen molar-refractivity contribution in [2.45, 2.75) is 278 Å². The van der Waals surface area contributed by atoms with E-state index in [1.54, 1.807) is 41.7 Å². The van der Waals surface area contributed by atoms with Gasteiger partial charge in [0.1, 0.15) is 36.3 Å². The lowest BCUT2D eigenvalue weighted by atomic mass is 9.78. The number of esters is 3. The number of rotatable bonds is 9. The Morgan fingerprint density at radius 1 is 0.812 bits per heavy atom. The van der Waals surface area contributed by atoms with Gasteiger partial charge in [0, 0.05) is 108 Å². The van der Waals surface area contributed by atoms with Crippen molar-refractivity contribution in [3.63, 3.8) is 0 Å². The number of Topliss-reactive ketones (excluding diaryl/α,β-unsaturated/α-hetero) is 1. The first kappa shape index (κ1) is 69.0. The lowest BCUT2D eigenvalue weighted by Gasteiger charge is -2.52. The number of methoxy groups -OCH3 is 1. The number of hydrogen-bond acceptors (Lipinski definition) is 21. The number of hydrogen-bond donors (Lipinski definition) is 7. The summed E-state index contributed by atoms with van der Waals surface area (Å²) in [6.45, 7) is 23.1. The maximum absolute atomic E-state index is 14.5. The highest BCUT2D eigenvalue weighted by Gasteiger charge is 2.58. The Kier molecular flexibility index (Phi) is 23.5. The van der Waals surface area contributed by atoms with E-state index in [4.69, 9.17) is 59.0 Å². The molecule has 0 amide bonds. The molecule has 6 saturated heterocycles. The van der Waals surface area contributed by atoms with Crippen molar-refractivity contribution in [1.29, 1.82) is 0 Å². The normalized spacial score (nSPS) is 44.5. The molecule has 4 unspecified atom stereocenters. The van der Waals surface area contributed by atoms with E-state index in [0.717, 1.165) is 0 Å². The van der Waals surface area contributed by atoms with E-state index in [2.05, 4.69) is 19.7 Å². The van der Waals surface area contributed by atoms with Crippen molar-refractivity contribution in [2.24, 2.45) is 23.7 Å². The number of fused-ring (bicyclic) bond motifs is 8. The van der Waals surface area contributed by atoms with Gasteiger partial charge in [-0.1, -0.05) is 88.4 Å². The molecule has 2 spiro atoms. The van der Waals surface area contributed by atoms with E-state index in [-0.39, 0.29) is 81.1 Å². The first-order valence-electron chi connectivity index (χ1n) is 30.3. The number of carbonyl (C=O) groups is 4. The summed E-state index contributed by atoms with van der Waals surface area (Å²) >= 11 is 5.89. The molecule has 6 fully saturated rings. The average molecular weight is 1220 g/mol. The van der Waals surface area contributed by atoms with Crippen molar-refractivity contribution >= 4 is 35.3 Å². The van der Waals surface area contributed by atoms with Crippen LogP contribution in [0.3, 0.4) is 0 Å². The van der Waals surface area contributed by atoms with Crippen LogP contribution in [0.15, 0.2) is 60.2 Å². The molecule has 0 aromatic carbocycles. The minimum atomic E-state index is -2.40. The van der Waals surface area contributed by atoms with E-state index in [0.29, 0.717) is 43.3 Å². The molecular weight excluding hydrogens is 1130 g/mol. The Morgan fingerprint density at radius 3 is 2.15 bits per heavy atom. The molecule has 0 aliphatic carbocycles. The third-order valence-electron chi connectivity index (χ3n) is 18.3. The summed E-state index contributed by atoms with van der Waals surface area (Å²) in [5, 5.41) is 82.6. The predicted molar refractivity (Wildman–Crippen MR) is 308 cm³/mol. The Morgan fingerprint density at radius 2 is 1.47 bits per heavy atom. The van der Waals surface area contributed by atoms with Crippen LogP contribution in [0, 0.1) is 23.7 Å². The molecule has 85 heavy (non-hydrogen) atoms. The van der Waals surface area contributed by atoms with Crippen molar-refractivity contribution in [2.75, 3.05) is 7.11 Å². The van der Waals surface area contributed by atoms with Gasteiger partial charge in [0.05, 0.1) is 85.1 Å². The van der Waals surface area contributed by atoms with E-state index >= 15 is 0 Å². The Hall–Kier alpha value is -3.49. The zero-order valence-electron chi connectivity index (χ0n) is 50.7. The summed E-state index contributed by atoms with van der Waals surface area (Å²) in [5.41, 5.74) is -0.508. The van der Waals surface area contributed by atoms with Gasteiger partial charge in [-0.25, -0.2) is 0 Å². The van der Waals surface area contributed by atoms with Gasteiger partial charge in [0.25, 0.3) is 0 Å². The Balaban J connectivity index is 1.22. The Labute approximate surface area is 505 Å². The molecule has 0 aromatic rings. The number of halogens is 1. The summed E-state index contributed by atoms with van der Waals surface area (Å²) in [4.78, 5) is 54.3. The van der Waals surface area contributed by atoms with Crippen LogP contribution in [0.25, 0.3) is 0 Å². The van der Waals surface area contributed by atoms with Gasteiger partial charge < -0.3 is 83.1 Å². The largest absolute Gasteiger partial charge is 0.462 e. The van der Waals surface area contributed by atoms with Crippen LogP contribution in [0.2, 0.25) is 0 Å². The van der Waals surface area contributed by atoms with Crippen LogP contribution in [-0.4, -0.2) is 187 Å². The first-order valence-corrected chi connectivity index (χ1v) is 30.7. The van der Waals surface area contributed by atoms with E-state index in [1.165, 1.54) is 26.0 Å². The number of carbonyl (C=O) groups excluding carboxylic acids is 4. The SMILES string of the molecule is C=C(Cl)/C=C/C(O)CC(=C)C[C@H]1O[C@@H]2[C@H](C)[C@@H](OC(=O)C[C@H]3C[C@H](OC(C)=O)C[C@@]4(C[C@@](C)(O)C[C@H](CC(=C)C(C)C(OC(C)=O)C(C)C(=O)C[C@H]5C[C@@H](OC)C[C@@]6(C[C@H](O)C[C@@H](/C=C\CCC[C@@H]7O[C@@](O)(C[C@@H](O)[C@@H]7C)[C@H]2O)O6)O5)O4)O3)[C@@H]1O. The molecule has 7 rings (SSSR count). The minimum Gasteiger partial charge on any atom is -0.462 e. The predicted octanol–water partition coefficient (Wildman–Crippen LogP) is 5.91. The molecule has 0 radical (unpaired) electrons. The highest BCUT2D eigenvalue weighted by molar-refractivity contribution is 6.30. The average Bonchev–Trinajstić information content (AvgIpc) is 1.35. The second kappa shape index (κ2) is 29.0. The second-order valence-electron chi connectivity index (χ2n) is 25.9.